The summed E-state index contributed by atoms with van der Waals surface area (Å²) < 4.78 is 0. The van der Waals surface area contributed by atoms with E-state index in [1.807, 2.05) is 6.08 Å². The maximum atomic E-state index is 13.6. The molecule has 0 aromatic rings. The van der Waals surface area contributed by atoms with Gasteiger partial charge in [0.05, 0.1) is 11.5 Å². The van der Waals surface area contributed by atoms with Crippen LogP contribution in [-0.4, -0.2) is 58.5 Å². The zero-order valence-electron chi connectivity index (χ0n) is 20.7. The van der Waals surface area contributed by atoms with E-state index in [-0.39, 0.29) is 34.2 Å². The summed E-state index contributed by atoms with van der Waals surface area (Å²) >= 11 is 0. The van der Waals surface area contributed by atoms with Gasteiger partial charge in [0.2, 0.25) is 0 Å². The lowest BCUT2D eigenvalue weighted by Crippen LogP contribution is -2.60. The fourth-order valence-corrected chi connectivity index (χ4v) is 9.54. The second kappa shape index (κ2) is 7.86. The van der Waals surface area contributed by atoms with E-state index in [4.69, 9.17) is 0 Å². The quantitative estimate of drug-likeness (QED) is 0.663. The molecule has 0 bridgehead atoms. The molecule has 5 aliphatic rings. The van der Waals surface area contributed by atoms with Crippen LogP contribution in [0.3, 0.4) is 0 Å². The molecule has 0 amide bonds. The summed E-state index contributed by atoms with van der Waals surface area (Å²) in [6, 6.07) is 0.312. The first-order chi connectivity index (χ1) is 15.6. The molecule has 0 aromatic heterocycles. The molecule has 1 aliphatic heterocycles. The van der Waals surface area contributed by atoms with Crippen LogP contribution in [0.2, 0.25) is 0 Å². The number of ketones is 2. The van der Waals surface area contributed by atoms with Gasteiger partial charge in [0, 0.05) is 23.9 Å². The van der Waals surface area contributed by atoms with Gasteiger partial charge in [-0.3, -0.25) is 14.5 Å². The van der Waals surface area contributed by atoms with E-state index < -0.39 is 18.1 Å². The van der Waals surface area contributed by atoms with E-state index >= 15 is 0 Å². The maximum absolute atomic E-state index is 13.6. The van der Waals surface area contributed by atoms with Crippen molar-refractivity contribution >= 4 is 11.6 Å². The average Bonchev–Trinajstić information content (AvgIpc) is 3.21. The highest BCUT2D eigenvalue weighted by Gasteiger charge is 2.74. The van der Waals surface area contributed by atoms with E-state index in [1.54, 1.807) is 12.2 Å². The molecule has 0 radical (unpaired) electrons. The molecule has 4 aliphatic carbocycles. The number of aliphatic hydroxyl groups excluding tert-OH is 2. The van der Waals surface area contributed by atoms with Crippen molar-refractivity contribution in [3.63, 3.8) is 0 Å². The Labute approximate surface area is 198 Å². The summed E-state index contributed by atoms with van der Waals surface area (Å²) in [6.45, 7) is 10.2. The third-order valence-electron chi connectivity index (χ3n) is 11.1. The van der Waals surface area contributed by atoms with Crippen LogP contribution >= 0.6 is 0 Å². The summed E-state index contributed by atoms with van der Waals surface area (Å²) in [7, 11) is 0. The van der Waals surface area contributed by atoms with E-state index in [0.29, 0.717) is 30.8 Å². The number of allylic oxidation sites excluding steroid dienone is 4. The van der Waals surface area contributed by atoms with E-state index in [2.05, 4.69) is 32.6 Å². The predicted octanol–water partition coefficient (Wildman–Crippen LogP) is 3.54. The van der Waals surface area contributed by atoms with Crippen molar-refractivity contribution in [3.8, 4) is 0 Å². The summed E-state index contributed by atoms with van der Waals surface area (Å²) in [5, 5.41) is 21.8. The molecule has 0 aromatic carbocycles. The Balaban J connectivity index is 1.55. The molecule has 1 saturated heterocycles. The van der Waals surface area contributed by atoms with Crippen LogP contribution in [0.1, 0.15) is 66.2 Å². The van der Waals surface area contributed by atoms with E-state index in [9.17, 15) is 19.8 Å². The number of carbonyl (C=O) groups is 2. The first-order valence-electron chi connectivity index (χ1n) is 13.1. The lowest BCUT2D eigenvalue weighted by molar-refractivity contribution is -0.159. The summed E-state index contributed by atoms with van der Waals surface area (Å²) in [5.41, 5.74) is -0.0281. The van der Waals surface area contributed by atoms with Gasteiger partial charge in [-0.05, 0) is 80.9 Å². The minimum atomic E-state index is -0.582. The van der Waals surface area contributed by atoms with E-state index in [0.717, 1.165) is 44.2 Å². The summed E-state index contributed by atoms with van der Waals surface area (Å²) in [6.07, 6.45) is 10.7. The van der Waals surface area contributed by atoms with Crippen molar-refractivity contribution in [2.75, 3.05) is 19.7 Å². The Morgan fingerprint density at radius 1 is 1.27 bits per heavy atom. The molecule has 33 heavy (non-hydrogen) atoms. The van der Waals surface area contributed by atoms with Crippen LogP contribution in [0.25, 0.3) is 0 Å². The Morgan fingerprint density at radius 3 is 2.73 bits per heavy atom. The van der Waals surface area contributed by atoms with Gasteiger partial charge >= 0.3 is 0 Å². The minimum absolute atomic E-state index is 0.0141. The topological polar surface area (TPSA) is 77.8 Å². The van der Waals surface area contributed by atoms with Crippen LogP contribution in [0, 0.1) is 39.9 Å². The van der Waals surface area contributed by atoms with E-state index in [1.165, 1.54) is 0 Å². The highest BCUT2D eigenvalue weighted by molar-refractivity contribution is 6.01. The van der Waals surface area contributed by atoms with Gasteiger partial charge in [-0.25, -0.2) is 0 Å². The second-order valence-corrected chi connectivity index (χ2v) is 12.2. The molecular formula is C28H41NO4. The number of hydrogen-bond acceptors (Lipinski definition) is 5. The van der Waals surface area contributed by atoms with Crippen LogP contribution in [0.15, 0.2) is 23.8 Å². The molecule has 5 heteroatoms. The number of fused-ring (bicyclic) bond motifs is 7. The van der Waals surface area contributed by atoms with Gasteiger partial charge in [0.15, 0.2) is 11.6 Å². The molecule has 9 atom stereocenters. The predicted molar refractivity (Wildman–Crippen MR) is 127 cm³/mol. The van der Waals surface area contributed by atoms with Crippen molar-refractivity contribution in [3.05, 3.63) is 23.8 Å². The van der Waals surface area contributed by atoms with Gasteiger partial charge in [0.1, 0.15) is 6.61 Å². The van der Waals surface area contributed by atoms with Crippen molar-refractivity contribution in [2.24, 2.45) is 39.9 Å². The molecule has 2 N–H and O–H groups in total. The zero-order valence-corrected chi connectivity index (χ0v) is 20.7. The summed E-state index contributed by atoms with van der Waals surface area (Å²) in [4.78, 5) is 28.2. The number of unbranched alkanes of at least 4 members (excludes halogenated alkanes) is 1. The monoisotopic (exact) mass is 455 g/mol. The van der Waals surface area contributed by atoms with Crippen molar-refractivity contribution < 1.29 is 19.8 Å². The number of Topliss-reactive ketones (excluding diaryl/α,β-unsaturated/α-hetero) is 1. The fraction of sp³-hybridized carbons (Fsp3) is 0.786. The number of aliphatic hydroxyl groups is 2. The van der Waals surface area contributed by atoms with Gasteiger partial charge in [-0.1, -0.05) is 38.8 Å². The van der Waals surface area contributed by atoms with Crippen molar-refractivity contribution in [1.29, 1.82) is 0 Å². The molecule has 5 nitrogen and oxygen atoms in total. The van der Waals surface area contributed by atoms with Crippen molar-refractivity contribution in [2.45, 2.75) is 78.4 Å². The normalized spacial score (nSPS) is 48.7. The van der Waals surface area contributed by atoms with Gasteiger partial charge < -0.3 is 10.2 Å². The first kappa shape index (κ1) is 23.4. The highest BCUT2D eigenvalue weighted by atomic mass is 16.3. The fourth-order valence-electron chi connectivity index (χ4n) is 9.54. The van der Waals surface area contributed by atoms with Gasteiger partial charge in [-0.2, -0.15) is 0 Å². The largest absolute Gasteiger partial charge is 0.393 e. The Kier molecular flexibility index (Phi) is 5.58. The molecule has 1 heterocycles. The number of carbonyl (C=O) groups excluding carboxylic acids is 2. The molecule has 4 unspecified atom stereocenters. The highest BCUT2D eigenvalue weighted by Crippen LogP contribution is 2.73. The van der Waals surface area contributed by atoms with Crippen LogP contribution < -0.4 is 0 Å². The number of nitrogens with zero attached hydrogens (tertiary/aromatic N) is 1. The SMILES string of the molecule is CCCCN1C[C@]2(C(=O)CO)[C@@H](CC3[C@@H]4CCC5=CC(=O)C=C[C@]5(C)C4C(O)C[C@@]32C)C1C. The molecule has 182 valence electrons. The minimum Gasteiger partial charge on any atom is -0.393 e. The Hall–Kier alpha value is -1.30. The van der Waals surface area contributed by atoms with Crippen LogP contribution in [-0.2, 0) is 9.59 Å². The lowest BCUT2D eigenvalue weighted by Gasteiger charge is -2.60. The molecule has 5 rings (SSSR count). The smallest absolute Gasteiger partial charge is 0.178 e. The third-order valence-corrected chi connectivity index (χ3v) is 11.1. The van der Waals surface area contributed by atoms with Crippen molar-refractivity contribution in [1.82, 2.24) is 4.90 Å². The summed E-state index contributed by atoms with van der Waals surface area (Å²) in [5.74, 6) is 1.02. The average molecular weight is 456 g/mol. The Morgan fingerprint density at radius 2 is 2.03 bits per heavy atom. The lowest BCUT2D eigenvalue weighted by atomic mass is 9.44. The molecule has 4 fully saturated rings. The number of hydrogen-bond donors (Lipinski definition) is 2. The molecule has 0 spiro atoms. The van der Waals surface area contributed by atoms with Gasteiger partial charge in [-0.15, -0.1) is 0 Å². The number of rotatable bonds is 5. The number of likely N-dealkylation sites (tertiary alicyclic amines) is 1. The standard InChI is InChI=1S/C28H41NO4/c1-5-6-11-29-16-28(24(33)15-30)21(17(29)2)13-22-20-8-7-18-12-19(31)9-10-26(18,3)25(20)23(32)14-27(22,28)4/h9-10,12,17,20-23,25,30,32H,5-8,11,13-16H2,1-4H3/t17?,20-,21-,22?,23?,25?,26-,27-,28+/m0/s1. The first-order valence-corrected chi connectivity index (χ1v) is 13.1. The Bertz CT molecular complexity index is 910. The van der Waals surface area contributed by atoms with Gasteiger partial charge in [0.25, 0.3) is 0 Å². The third kappa shape index (κ3) is 2.94. The maximum Gasteiger partial charge on any atom is 0.178 e. The van der Waals surface area contributed by atoms with Crippen LogP contribution in [0.4, 0.5) is 0 Å². The molecular weight excluding hydrogens is 414 g/mol. The zero-order chi connectivity index (χ0) is 23.8. The van der Waals surface area contributed by atoms with Crippen LogP contribution in [0.5, 0.6) is 0 Å². The second-order valence-electron chi connectivity index (χ2n) is 12.2. The molecule has 3 saturated carbocycles.